The number of halogens is 3. The maximum absolute atomic E-state index is 12.8. The fourth-order valence-electron chi connectivity index (χ4n) is 2.84. The van der Waals surface area contributed by atoms with Gasteiger partial charge in [-0.25, -0.2) is 0 Å². The van der Waals surface area contributed by atoms with Gasteiger partial charge in [-0.05, 0) is 17.7 Å². The molecule has 1 amide bonds. The average Bonchev–Trinajstić information content (AvgIpc) is 3.07. The zero-order valence-electron chi connectivity index (χ0n) is 13.4. The molecule has 0 aliphatic carbocycles. The molecule has 1 aromatic carbocycles. The maximum atomic E-state index is 12.8. The molecule has 1 aliphatic heterocycles. The molecule has 134 valence electrons. The summed E-state index contributed by atoms with van der Waals surface area (Å²) in [5.74, 6) is -0.0824. The first-order valence-electron chi connectivity index (χ1n) is 7.95. The summed E-state index contributed by atoms with van der Waals surface area (Å²) >= 11 is 0. The van der Waals surface area contributed by atoms with E-state index in [-0.39, 0.29) is 18.6 Å². The van der Waals surface area contributed by atoms with E-state index in [1.165, 1.54) is 6.07 Å². The third kappa shape index (κ3) is 4.60. The molecule has 0 unspecified atom stereocenters. The normalized spacial score (nSPS) is 18.4. The quantitative estimate of drug-likeness (QED) is 0.848. The first kappa shape index (κ1) is 17.5. The smallest absolute Gasteiger partial charge is 0.374 e. The van der Waals surface area contributed by atoms with Crippen LogP contribution in [0.15, 0.2) is 42.7 Å². The average molecular weight is 353 g/mol. The van der Waals surface area contributed by atoms with Gasteiger partial charge in [-0.15, -0.1) is 0 Å². The molecular weight excluding hydrogens is 335 g/mol. The van der Waals surface area contributed by atoms with E-state index in [9.17, 15) is 18.0 Å². The third-order valence-electron chi connectivity index (χ3n) is 4.07. The summed E-state index contributed by atoms with van der Waals surface area (Å²) in [7, 11) is 0. The van der Waals surface area contributed by atoms with Gasteiger partial charge in [-0.3, -0.25) is 9.48 Å². The van der Waals surface area contributed by atoms with E-state index in [2.05, 4.69) is 5.10 Å². The molecule has 0 N–H and O–H groups in total. The van der Waals surface area contributed by atoms with Crippen LogP contribution in [-0.4, -0.2) is 46.4 Å². The summed E-state index contributed by atoms with van der Waals surface area (Å²) in [5, 5.41) is 4.00. The Morgan fingerprint density at radius 3 is 2.88 bits per heavy atom. The van der Waals surface area contributed by atoms with E-state index in [0.717, 1.165) is 12.1 Å². The van der Waals surface area contributed by atoms with Crippen molar-refractivity contribution in [1.82, 2.24) is 14.7 Å². The van der Waals surface area contributed by atoms with Crippen LogP contribution in [0.25, 0.3) is 0 Å². The largest absolute Gasteiger partial charge is 0.416 e. The molecule has 0 radical (unpaired) electrons. The number of amides is 1. The van der Waals surface area contributed by atoms with Gasteiger partial charge in [0.25, 0.3) is 0 Å². The van der Waals surface area contributed by atoms with Crippen molar-refractivity contribution >= 4 is 5.91 Å². The van der Waals surface area contributed by atoms with Gasteiger partial charge in [0.2, 0.25) is 5.91 Å². The second-order valence-electron chi connectivity index (χ2n) is 5.94. The van der Waals surface area contributed by atoms with Gasteiger partial charge < -0.3 is 9.64 Å². The second kappa shape index (κ2) is 7.26. The lowest BCUT2D eigenvalue weighted by molar-refractivity contribution is -0.139. The SMILES string of the molecule is O=C(Cn1cccn1)N1CCO[C@H](Cc2cccc(C(F)(F)F)c2)C1. The van der Waals surface area contributed by atoms with Crippen LogP contribution in [0.1, 0.15) is 11.1 Å². The van der Waals surface area contributed by atoms with Crippen molar-refractivity contribution in [2.75, 3.05) is 19.7 Å². The van der Waals surface area contributed by atoms with E-state index < -0.39 is 11.7 Å². The Hall–Kier alpha value is -2.35. The van der Waals surface area contributed by atoms with Crippen molar-refractivity contribution in [3.05, 3.63) is 53.9 Å². The molecule has 1 saturated heterocycles. The molecule has 5 nitrogen and oxygen atoms in total. The molecule has 2 heterocycles. The van der Waals surface area contributed by atoms with Crippen molar-refractivity contribution < 1.29 is 22.7 Å². The highest BCUT2D eigenvalue weighted by Gasteiger charge is 2.31. The Labute approximate surface area is 143 Å². The second-order valence-corrected chi connectivity index (χ2v) is 5.94. The van der Waals surface area contributed by atoms with Crippen LogP contribution >= 0.6 is 0 Å². The van der Waals surface area contributed by atoms with Gasteiger partial charge in [-0.2, -0.15) is 18.3 Å². The Kier molecular flexibility index (Phi) is 5.08. The number of carbonyl (C=O) groups is 1. The lowest BCUT2D eigenvalue weighted by Crippen LogP contribution is -2.47. The Morgan fingerprint density at radius 1 is 1.32 bits per heavy atom. The minimum absolute atomic E-state index is 0.0824. The molecule has 1 aliphatic rings. The predicted octanol–water partition coefficient (Wildman–Crippen LogP) is 2.37. The van der Waals surface area contributed by atoms with Crippen LogP contribution in [0.4, 0.5) is 13.2 Å². The topological polar surface area (TPSA) is 47.4 Å². The van der Waals surface area contributed by atoms with Crippen LogP contribution < -0.4 is 0 Å². The predicted molar refractivity (Wildman–Crippen MR) is 83.7 cm³/mol. The number of ether oxygens (including phenoxy) is 1. The van der Waals surface area contributed by atoms with Gasteiger partial charge in [0, 0.05) is 31.9 Å². The molecule has 25 heavy (non-hydrogen) atoms. The monoisotopic (exact) mass is 353 g/mol. The van der Waals surface area contributed by atoms with Gasteiger partial charge in [-0.1, -0.05) is 18.2 Å². The van der Waals surface area contributed by atoms with Crippen LogP contribution in [0.2, 0.25) is 0 Å². The van der Waals surface area contributed by atoms with E-state index >= 15 is 0 Å². The highest BCUT2D eigenvalue weighted by molar-refractivity contribution is 5.76. The van der Waals surface area contributed by atoms with Crippen molar-refractivity contribution in [2.24, 2.45) is 0 Å². The molecule has 3 rings (SSSR count). The fraction of sp³-hybridized carbons (Fsp3) is 0.412. The van der Waals surface area contributed by atoms with Gasteiger partial charge in [0.1, 0.15) is 6.54 Å². The number of benzene rings is 1. The van der Waals surface area contributed by atoms with Crippen LogP contribution in [0, 0.1) is 0 Å². The number of rotatable bonds is 4. The van der Waals surface area contributed by atoms with E-state index in [1.54, 1.807) is 34.1 Å². The molecule has 0 spiro atoms. The molecule has 1 atom stereocenters. The molecule has 0 bridgehead atoms. The number of aromatic nitrogens is 2. The van der Waals surface area contributed by atoms with Crippen molar-refractivity contribution in [2.45, 2.75) is 25.2 Å². The molecule has 1 aromatic heterocycles. The molecule has 1 fully saturated rings. The summed E-state index contributed by atoms with van der Waals surface area (Å²) in [6, 6.07) is 6.95. The van der Waals surface area contributed by atoms with Gasteiger partial charge in [0.05, 0.1) is 18.3 Å². The highest BCUT2D eigenvalue weighted by Crippen LogP contribution is 2.30. The first-order valence-corrected chi connectivity index (χ1v) is 7.95. The minimum atomic E-state index is -4.37. The van der Waals surface area contributed by atoms with Crippen LogP contribution in [-0.2, 0) is 28.7 Å². The van der Waals surface area contributed by atoms with Crippen LogP contribution in [0.5, 0.6) is 0 Å². The fourth-order valence-corrected chi connectivity index (χ4v) is 2.84. The van der Waals surface area contributed by atoms with Crippen molar-refractivity contribution in [3.8, 4) is 0 Å². The molecular formula is C17H18F3N3O2. The Balaban J connectivity index is 1.61. The summed E-state index contributed by atoms with van der Waals surface area (Å²) in [4.78, 5) is 14.0. The number of hydrogen-bond donors (Lipinski definition) is 0. The number of nitrogens with zero attached hydrogens (tertiary/aromatic N) is 3. The molecule has 8 heteroatoms. The highest BCUT2D eigenvalue weighted by atomic mass is 19.4. The number of carbonyl (C=O) groups excluding carboxylic acids is 1. The molecule has 0 saturated carbocycles. The van der Waals surface area contributed by atoms with Gasteiger partial charge >= 0.3 is 6.18 Å². The summed E-state index contributed by atoms with van der Waals surface area (Å²) < 4.78 is 45.6. The lowest BCUT2D eigenvalue weighted by Gasteiger charge is -2.33. The standard InChI is InChI=1S/C17H18F3N3O2/c18-17(19,20)14-4-1-3-13(9-14)10-15-11-22(7-8-25-15)16(24)12-23-6-2-5-21-23/h1-6,9,15H,7-8,10-12H2/t15-/m1/s1. The first-order chi connectivity index (χ1) is 11.9. The molecule has 2 aromatic rings. The number of alkyl halides is 3. The zero-order valence-corrected chi connectivity index (χ0v) is 13.4. The maximum Gasteiger partial charge on any atom is 0.416 e. The number of morpholine rings is 1. The summed E-state index contributed by atoms with van der Waals surface area (Å²) in [6.07, 6.45) is -1.05. The van der Waals surface area contributed by atoms with Crippen molar-refractivity contribution in [3.63, 3.8) is 0 Å². The van der Waals surface area contributed by atoms with E-state index in [0.29, 0.717) is 31.7 Å². The summed E-state index contributed by atoms with van der Waals surface area (Å²) in [6.45, 7) is 1.34. The lowest BCUT2D eigenvalue weighted by atomic mass is 10.0. The van der Waals surface area contributed by atoms with E-state index in [4.69, 9.17) is 4.74 Å². The van der Waals surface area contributed by atoms with Gasteiger partial charge in [0.15, 0.2) is 0 Å². The Bertz CT molecular complexity index is 716. The van der Waals surface area contributed by atoms with E-state index in [1.807, 2.05) is 0 Å². The Morgan fingerprint density at radius 2 is 2.16 bits per heavy atom. The zero-order chi connectivity index (χ0) is 17.9. The summed E-state index contributed by atoms with van der Waals surface area (Å²) in [5.41, 5.74) is -0.131. The van der Waals surface area contributed by atoms with Crippen molar-refractivity contribution in [1.29, 1.82) is 0 Å². The minimum Gasteiger partial charge on any atom is -0.374 e. The number of hydrogen-bond acceptors (Lipinski definition) is 3. The van der Waals surface area contributed by atoms with Crippen LogP contribution in [0.3, 0.4) is 0 Å². The third-order valence-corrected chi connectivity index (χ3v) is 4.07.